The number of nitrogens with zero attached hydrogens (tertiary/aromatic N) is 3. The molecule has 0 spiro atoms. The lowest BCUT2D eigenvalue weighted by Gasteiger charge is -2.09. The van der Waals surface area contributed by atoms with E-state index < -0.39 is 6.10 Å². The second kappa shape index (κ2) is 6.88. The number of aliphatic hydroxyl groups is 1. The van der Waals surface area contributed by atoms with Crippen molar-refractivity contribution in [1.29, 1.82) is 0 Å². The lowest BCUT2D eigenvalue weighted by Crippen LogP contribution is -2.00. The third-order valence-electron chi connectivity index (χ3n) is 4.80. The minimum Gasteiger partial charge on any atom is -0.507 e. The van der Waals surface area contributed by atoms with Crippen LogP contribution < -0.4 is 0 Å². The van der Waals surface area contributed by atoms with Crippen LogP contribution in [0.4, 0.5) is 0 Å². The van der Waals surface area contributed by atoms with Gasteiger partial charge in [-0.15, -0.1) is 0 Å². The minimum absolute atomic E-state index is 0.166. The Morgan fingerprint density at radius 1 is 0.966 bits per heavy atom. The van der Waals surface area contributed by atoms with Gasteiger partial charge < -0.3 is 14.6 Å². The molecule has 5 aromatic rings. The second-order valence-electron chi connectivity index (χ2n) is 6.61. The largest absolute Gasteiger partial charge is 0.507 e. The number of H-pyrrole nitrogens is 1. The molecule has 0 fully saturated rings. The number of aromatic hydroxyl groups is 1. The maximum atomic E-state index is 10.5. The second-order valence-corrected chi connectivity index (χ2v) is 6.61. The Hall–Kier alpha value is -3.97. The molecule has 0 saturated heterocycles. The van der Waals surface area contributed by atoms with E-state index in [-0.39, 0.29) is 11.6 Å². The third-order valence-corrected chi connectivity index (χ3v) is 4.80. The maximum Gasteiger partial charge on any atom is 0.227 e. The summed E-state index contributed by atoms with van der Waals surface area (Å²) in [5.74, 6) is 0.409. The van der Waals surface area contributed by atoms with Crippen molar-refractivity contribution in [1.82, 2.24) is 20.2 Å². The van der Waals surface area contributed by atoms with E-state index in [1.165, 1.54) is 12.5 Å². The van der Waals surface area contributed by atoms with Gasteiger partial charge in [0.2, 0.25) is 5.89 Å². The van der Waals surface area contributed by atoms with Crippen LogP contribution in [0.5, 0.6) is 5.75 Å². The van der Waals surface area contributed by atoms with E-state index in [1.807, 2.05) is 42.5 Å². The summed E-state index contributed by atoms with van der Waals surface area (Å²) in [4.78, 5) is 8.46. The number of benzene rings is 2. The van der Waals surface area contributed by atoms with E-state index >= 15 is 0 Å². The van der Waals surface area contributed by atoms with Crippen molar-refractivity contribution in [2.75, 3.05) is 0 Å². The summed E-state index contributed by atoms with van der Waals surface area (Å²) in [7, 11) is 0. The van der Waals surface area contributed by atoms with E-state index in [0.29, 0.717) is 22.5 Å². The van der Waals surface area contributed by atoms with Gasteiger partial charge in [0.1, 0.15) is 12.0 Å². The molecule has 0 amide bonds. The summed E-state index contributed by atoms with van der Waals surface area (Å²) in [5, 5.41) is 28.7. The maximum absolute atomic E-state index is 10.5. The smallest absolute Gasteiger partial charge is 0.227 e. The third kappa shape index (κ3) is 3.03. The van der Waals surface area contributed by atoms with Crippen LogP contribution in [-0.2, 0) is 0 Å². The summed E-state index contributed by atoms with van der Waals surface area (Å²) in [6.45, 7) is 0. The number of aliphatic hydroxyl groups excluding tert-OH is 1. The number of fused-ring (bicyclic) bond motifs is 1. The molecule has 7 nitrogen and oxygen atoms in total. The Kier molecular flexibility index (Phi) is 4.07. The summed E-state index contributed by atoms with van der Waals surface area (Å²) >= 11 is 0. The van der Waals surface area contributed by atoms with Crippen LogP contribution in [0.2, 0.25) is 0 Å². The first kappa shape index (κ1) is 17.2. The standard InChI is InChI=1S/C22H16N4O3/c27-18-7-2-1-6-16(18)19-17-11-15(12-24-21(17)26-25-19)13-4-3-5-14(10-13)20(28)22-23-8-9-29-22/h1-12,20,27-28H,(H,24,25,26). The van der Waals surface area contributed by atoms with Crippen LogP contribution in [0, 0.1) is 0 Å². The number of nitrogens with one attached hydrogen (secondary N) is 1. The molecular weight excluding hydrogens is 368 g/mol. The fourth-order valence-electron chi connectivity index (χ4n) is 3.35. The summed E-state index contributed by atoms with van der Waals surface area (Å²) < 4.78 is 5.21. The number of phenolic OH excluding ortho intramolecular Hbond substituents is 1. The molecule has 1 atom stereocenters. The van der Waals surface area contributed by atoms with Gasteiger partial charge >= 0.3 is 0 Å². The molecule has 1 unspecified atom stereocenters. The number of hydrogen-bond acceptors (Lipinski definition) is 6. The van der Waals surface area contributed by atoms with E-state index in [9.17, 15) is 10.2 Å². The Labute approximate surface area is 165 Å². The zero-order valence-corrected chi connectivity index (χ0v) is 15.1. The first-order valence-electron chi connectivity index (χ1n) is 9.01. The highest BCUT2D eigenvalue weighted by atomic mass is 16.4. The first-order valence-corrected chi connectivity index (χ1v) is 9.01. The number of phenols is 1. The van der Waals surface area contributed by atoms with Gasteiger partial charge in [-0.3, -0.25) is 5.10 Å². The lowest BCUT2D eigenvalue weighted by molar-refractivity contribution is 0.182. The number of aromatic nitrogens is 4. The fourth-order valence-corrected chi connectivity index (χ4v) is 3.35. The van der Waals surface area contributed by atoms with Crippen molar-refractivity contribution in [3.8, 4) is 28.1 Å². The molecule has 0 aliphatic carbocycles. The van der Waals surface area contributed by atoms with Gasteiger partial charge in [0, 0.05) is 22.7 Å². The average molecular weight is 384 g/mol. The molecular formula is C22H16N4O3. The van der Waals surface area contributed by atoms with Crippen LogP contribution in [-0.4, -0.2) is 30.4 Å². The Balaban J connectivity index is 1.59. The molecule has 3 heterocycles. The molecule has 0 aliphatic rings. The summed E-state index contributed by atoms with van der Waals surface area (Å²) in [6, 6.07) is 16.5. The van der Waals surface area contributed by atoms with Crippen LogP contribution in [0.15, 0.2) is 77.7 Å². The fraction of sp³-hybridized carbons (Fsp3) is 0.0455. The number of pyridine rings is 1. The van der Waals surface area contributed by atoms with Crippen molar-refractivity contribution in [3.05, 3.63) is 84.7 Å². The van der Waals surface area contributed by atoms with Gasteiger partial charge in [-0.1, -0.05) is 30.3 Å². The zero-order valence-electron chi connectivity index (χ0n) is 15.1. The van der Waals surface area contributed by atoms with E-state index in [0.717, 1.165) is 16.5 Å². The van der Waals surface area contributed by atoms with Gasteiger partial charge in [-0.05, 0) is 35.4 Å². The van der Waals surface area contributed by atoms with E-state index in [2.05, 4.69) is 20.2 Å². The molecule has 0 aliphatic heterocycles. The Morgan fingerprint density at radius 3 is 2.69 bits per heavy atom. The zero-order chi connectivity index (χ0) is 19.8. The minimum atomic E-state index is -0.951. The quantitative estimate of drug-likeness (QED) is 0.431. The predicted octanol–water partition coefficient (Wildman–Crippen LogP) is 4.07. The van der Waals surface area contributed by atoms with E-state index in [1.54, 1.807) is 18.3 Å². The number of rotatable bonds is 4. The lowest BCUT2D eigenvalue weighted by atomic mass is 10.00. The van der Waals surface area contributed by atoms with Crippen LogP contribution in [0.25, 0.3) is 33.4 Å². The van der Waals surface area contributed by atoms with Crippen molar-refractivity contribution in [3.63, 3.8) is 0 Å². The highest BCUT2D eigenvalue weighted by molar-refractivity contribution is 5.94. The van der Waals surface area contributed by atoms with Gasteiger partial charge in [-0.25, -0.2) is 9.97 Å². The molecule has 0 radical (unpaired) electrons. The predicted molar refractivity (Wildman–Crippen MR) is 107 cm³/mol. The number of oxazole rings is 1. The number of aromatic amines is 1. The van der Waals surface area contributed by atoms with Crippen molar-refractivity contribution in [2.24, 2.45) is 0 Å². The van der Waals surface area contributed by atoms with Crippen LogP contribution in [0.3, 0.4) is 0 Å². The normalized spacial score (nSPS) is 12.3. The Morgan fingerprint density at radius 2 is 1.86 bits per heavy atom. The molecule has 3 aromatic heterocycles. The molecule has 5 rings (SSSR count). The first-order chi connectivity index (χ1) is 14.2. The molecule has 0 bridgehead atoms. The van der Waals surface area contributed by atoms with Crippen molar-refractivity contribution >= 4 is 11.0 Å². The van der Waals surface area contributed by atoms with E-state index in [4.69, 9.17) is 4.42 Å². The average Bonchev–Trinajstić information content (AvgIpc) is 3.43. The number of hydrogen-bond donors (Lipinski definition) is 3. The van der Waals surface area contributed by atoms with Gasteiger partial charge in [0.25, 0.3) is 0 Å². The monoisotopic (exact) mass is 384 g/mol. The van der Waals surface area contributed by atoms with Gasteiger partial charge in [0.15, 0.2) is 11.8 Å². The topological polar surface area (TPSA) is 108 Å². The van der Waals surface area contributed by atoms with Gasteiger partial charge in [0.05, 0.1) is 11.9 Å². The molecule has 7 heteroatoms. The Bertz CT molecular complexity index is 1290. The van der Waals surface area contributed by atoms with Crippen LogP contribution >= 0.6 is 0 Å². The molecule has 2 aromatic carbocycles. The molecule has 3 N–H and O–H groups in total. The van der Waals surface area contributed by atoms with Crippen LogP contribution in [0.1, 0.15) is 17.6 Å². The highest BCUT2D eigenvalue weighted by Crippen LogP contribution is 2.34. The summed E-state index contributed by atoms with van der Waals surface area (Å²) in [5.41, 5.74) is 4.32. The molecule has 142 valence electrons. The summed E-state index contributed by atoms with van der Waals surface area (Å²) in [6.07, 6.45) is 3.71. The SMILES string of the molecule is Oc1ccccc1-c1[nH]nc2ncc(-c3cccc(C(O)c4ncco4)c3)cc12. The van der Waals surface area contributed by atoms with Gasteiger partial charge in [-0.2, -0.15) is 5.10 Å². The number of para-hydroxylation sites is 1. The molecule has 29 heavy (non-hydrogen) atoms. The van der Waals surface area contributed by atoms with Crippen molar-refractivity contribution in [2.45, 2.75) is 6.10 Å². The van der Waals surface area contributed by atoms with Crippen molar-refractivity contribution < 1.29 is 14.6 Å². The molecule has 0 saturated carbocycles. The highest BCUT2D eigenvalue weighted by Gasteiger charge is 2.17.